The van der Waals surface area contributed by atoms with E-state index in [1.165, 1.54) is 18.2 Å². The summed E-state index contributed by atoms with van der Waals surface area (Å²) in [6.45, 7) is 5.40. The van der Waals surface area contributed by atoms with Gasteiger partial charge in [0.25, 0.3) is 0 Å². The number of likely N-dealkylation sites (tertiary alicyclic amines) is 1. The fourth-order valence-corrected chi connectivity index (χ4v) is 2.91. The van der Waals surface area contributed by atoms with E-state index in [-0.39, 0.29) is 46.9 Å². The number of nitro groups is 1. The number of rotatable bonds is 5. The molecule has 1 heterocycles. The second-order valence-electron chi connectivity index (χ2n) is 6.67. The van der Waals surface area contributed by atoms with Crippen LogP contribution in [0, 0.1) is 15.5 Å². The van der Waals surface area contributed by atoms with Gasteiger partial charge < -0.3 is 15.4 Å². The van der Waals surface area contributed by atoms with Crippen molar-refractivity contribution in [2.45, 2.75) is 32.7 Å². The number of hydrogen-bond acceptors (Lipinski definition) is 5. The largest absolute Gasteiger partial charge is 0.486 e. The van der Waals surface area contributed by atoms with Gasteiger partial charge in [0.2, 0.25) is 5.91 Å². The van der Waals surface area contributed by atoms with E-state index in [2.05, 4.69) is 0 Å². The van der Waals surface area contributed by atoms with Crippen LogP contribution < -0.4 is 10.5 Å². The third-order valence-electron chi connectivity index (χ3n) is 4.36. The molecule has 2 rings (SSSR count). The molecule has 1 amide bonds. The molecule has 0 bridgehead atoms. The molecule has 1 aromatic carbocycles. The number of carbonyl (C=O) groups excluding carboxylic acids is 1. The summed E-state index contributed by atoms with van der Waals surface area (Å²) >= 11 is 5.75. The third kappa shape index (κ3) is 4.36. The van der Waals surface area contributed by atoms with Crippen LogP contribution >= 0.6 is 11.6 Å². The Hall–Kier alpha value is -1.86. The van der Waals surface area contributed by atoms with Gasteiger partial charge in [-0.25, -0.2) is 0 Å². The van der Waals surface area contributed by atoms with Gasteiger partial charge in [0.15, 0.2) is 5.75 Å². The van der Waals surface area contributed by atoms with Crippen molar-refractivity contribution in [1.29, 1.82) is 0 Å². The molecule has 0 saturated carbocycles. The molecule has 1 aliphatic rings. The predicted octanol–water partition coefficient (Wildman–Crippen LogP) is 2.60. The van der Waals surface area contributed by atoms with E-state index < -0.39 is 4.92 Å². The van der Waals surface area contributed by atoms with Crippen molar-refractivity contribution in [2.75, 3.05) is 19.7 Å². The lowest BCUT2D eigenvalue weighted by molar-refractivity contribution is -0.385. The average molecular weight is 356 g/mol. The molecule has 1 fully saturated rings. The smallest absolute Gasteiger partial charge is 0.312 e. The molecule has 0 spiro atoms. The first-order chi connectivity index (χ1) is 11.2. The Morgan fingerprint density at radius 2 is 2.25 bits per heavy atom. The molecule has 24 heavy (non-hydrogen) atoms. The van der Waals surface area contributed by atoms with E-state index in [4.69, 9.17) is 22.1 Å². The van der Waals surface area contributed by atoms with Crippen LogP contribution in [0.25, 0.3) is 0 Å². The SMILES string of the molecule is CC1(C)CN(C(=O)CCOc2ccc(Cl)cc2[N+](=O)[O-])CCC1N. The lowest BCUT2D eigenvalue weighted by atomic mass is 9.79. The van der Waals surface area contributed by atoms with E-state index in [0.29, 0.717) is 13.1 Å². The molecular weight excluding hydrogens is 334 g/mol. The van der Waals surface area contributed by atoms with Gasteiger partial charge in [-0.05, 0) is 24.0 Å². The van der Waals surface area contributed by atoms with Crippen LogP contribution in [0.3, 0.4) is 0 Å². The van der Waals surface area contributed by atoms with E-state index in [1.54, 1.807) is 4.90 Å². The lowest BCUT2D eigenvalue weighted by Gasteiger charge is -2.42. The fourth-order valence-electron chi connectivity index (χ4n) is 2.75. The maximum atomic E-state index is 12.3. The monoisotopic (exact) mass is 355 g/mol. The van der Waals surface area contributed by atoms with Crippen LogP contribution in [0.15, 0.2) is 18.2 Å². The molecular formula is C16H22ClN3O4. The summed E-state index contributed by atoms with van der Waals surface area (Å²) in [4.78, 5) is 24.5. The first kappa shape index (κ1) is 18.5. The van der Waals surface area contributed by atoms with Gasteiger partial charge in [0.05, 0.1) is 18.0 Å². The summed E-state index contributed by atoms with van der Waals surface area (Å²) in [6, 6.07) is 4.26. The number of carbonyl (C=O) groups is 1. The summed E-state index contributed by atoms with van der Waals surface area (Å²) in [5, 5.41) is 11.3. The Morgan fingerprint density at radius 1 is 1.54 bits per heavy atom. The Kier molecular flexibility index (Phi) is 5.66. The van der Waals surface area contributed by atoms with E-state index >= 15 is 0 Å². The zero-order valence-electron chi connectivity index (χ0n) is 13.8. The van der Waals surface area contributed by atoms with Crippen molar-refractivity contribution >= 4 is 23.2 Å². The molecule has 8 heteroatoms. The first-order valence-electron chi connectivity index (χ1n) is 7.81. The third-order valence-corrected chi connectivity index (χ3v) is 4.59. The second-order valence-corrected chi connectivity index (χ2v) is 7.10. The maximum Gasteiger partial charge on any atom is 0.312 e. The molecule has 1 aromatic rings. The van der Waals surface area contributed by atoms with Crippen LogP contribution in [0.4, 0.5) is 5.69 Å². The minimum absolute atomic E-state index is 0.0356. The summed E-state index contributed by atoms with van der Waals surface area (Å²) < 4.78 is 5.42. The number of hydrogen-bond donors (Lipinski definition) is 1. The van der Waals surface area contributed by atoms with Crippen molar-refractivity contribution in [2.24, 2.45) is 11.1 Å². The summed E-state index contributed by atoms with van der Waals surface area (Å²) in [7, 11) is 0. The molecule has 132 valence electrons. The van der Waals surface area contributed by atoms with Crippen molar-refractivity contribution in [3.8, 4) is 5.75 Å². The number of piperidine rings is 1. The highest BCUT2D eigenvalue weighted by atomic mass is 35.5. The minimum atomic E-state index is -0.558. The van der Waals surface area contributed by atoms with Crippen LogP contribution in [0.2, 0.25) is 5.02 Å². The van der Waals surface area contributed by atoms with E-state index in [0.717, 1.165) is 6.42 Å². The highest BCUT2D eigenvalue weighted by molar-refractivity contribution is 6.30. The Bertz CT molecular complexity index is 636. The van der Waals surface area contributed by atoms with Crippen LogP contribution in [0.1, 0.15) is 26.7 Å². The molecule has 1 aliphatic heterocycles. The molecule has 1 unspecified atom stereocenters. The van der Waals surface area contributed by atoms with Gasteiger partial charge in [-0.3, -0.25) is 14.9 Å². The van der Waals surface area contributed by atoms with Crippen LogP contribution in [-0.4, -0.2) is 41.5 Å². The predicted molar refractivity (Wildman–Crippen MR) is 91.2 cm³/mol. The van der Waals surface area contributed by atoms with Gasteiger partial charge in [-0.2, -0.15) is 0 Å². The molecule has 0 aliphatic carbocycles. The number of nitrogens with two attached hydrogens (primary N) is 1. The lowest BCUT2D eigenvalue weighted by Crippen LogP contribution is -2.54. The van der Waals surface area contributed by atoms with Crippen molar-refractivity contribution in [3.63, 3.8) is 0 Å². The summed E-state index contributed by atoms with van der Waals surface area (Å²) in [6.07, 6.45) is 0.924. The van der Waals surface area contributed by atoms with Gasteiger partial charge in [0.1, 0.15) is 0 Å². The standard InChI is InChI=1S/C16H22ClN3O4/c1-16(2)10-19(7-5-14(16)18)15(21)6-8-24-13-4-3-11(17)9-12(13)20(22)23/h3-4,9,14H,5-8,10,18H2,1-2H3. The highest BCUT2D eigenvalue weighted by Crippen LogP contribution is 2.30. The van der Waals surface area contributed by atoms with Gasteiger partial charge in [-0.1, -0.05) is 25.4 Å². The average Bonchev–Trinajstić information content (AvgIpc) is 2.51. The first-order valence-corrected chi connectivity index (χ1v) is 8.18. The number of halogens is 1. The molecule has 1 saturated heterocycles. The van der Waals surface area contributed by atoms with Gasteiger partial charge >= 0.3 is 5.69 Å². The Balaban J connectivity index is 1.91. The van der Waals surface area contributed by atoms with E-state index in [1.807, 2.05) is 13.8 Å². The van der Waals surface area contributed by atoms with Gasteiger partial charge in [0, 0.05) is 30.2 Å². The normalized spacial score (nSPS) is 19.8. The zero-order chi connectivity index (χ0) is 17.9. The number of benzene rings is 1. The number of ether oxygens (including phenoxy) is 1. The quantitative estimate of drug-likeness (QED) is 0.646. The second kappa shape index (κ2) is 7.36. The van der Waals surface area contributed by atoms with E-state index in [9.17, 15) is 14.9 Å². The van der Waals surface area contributed by atoms with Crippen molar-refractivity contribution in [3.05, 3.63) is 33.3 Å². The number of amides is 1. The van der Waals surface area contributed by atoms with Crippen molar-refractivity contribution in [1.82, 2.24) is 4.90 Å². The van der Waals surface area contributed by atoms with Crippen LogP contribution in [-0.2, 0) is 4.79 Å². The van der Waals surface area contributed by atoms with Crippen molar-refractivity contribution < 1.29 is 14.5 Å². The van der Waals surface area contributed by atoms with Crippen LogP contribution in [0.5, 0.6) is 5.75 Å². The zero-order valence-corrected chi connectivity index (χ0v) is 14.6. The Labute approximate surface area is 145 Å². The molecule has 2 N–H and O–H groups in total. The number of nitrogens with zero attached hydrogens (tertiary/aromatic N) is 2. The molecule has 1 atom stereocenters. The summed E-state index contributed by atoms with van der Waals surface area (Å²) in [5.74, 6) is 0.0739. The molecule has 0 radical (unpaired) electrons. The van der Waals surface area contributed by atoms with Gasteiger partial charge in [-0.15, -0.1) is 0 Å². The summed E-state index contributed by atoms with van der Waals surface area (Å²) in [5.41, 5.74) is 5.74. The Morgan fingerprint density at radius 3 is 2.88 bits per heavy atom. The minimum Gasteiger partial charge on any atom is -0.486 e. The highest BCUT2D eigenvalue weighted by Gasteiger charge is 2.35. The fraction of sp³-hybridized carbons (Fsp3) is 0.562. The molecule has 0 aromatic heterocycles. The number of nitro benzene ring substituents is 1. The molecule has 7 nitrogen and oxygen atoms in total. The topological polar surface area (TPSA) is 98.7 Å². The maximum absolute atomic E-state index is 12.3.